The zero-order valence-electron chi connectivity index (χ0n) is 18.5. The first-order chi connectivity index (χ1) is 16.5. The molecule has 1 aromatic carbocycles. The lowest BCUT2D eigenvalue weighted by atomic mass is 9.63. The Balaban J connectivity index is 1.26. The largest absolute Gasteiger partial charge is 0.351 e. The zero-order chi connectivity index (χ0) is 23.7. The molecule has 1 saturated carbocycles. The van der Waals surface area contributed by atoms with Gasteiger partial charge >= 0.3 is 0 Å². The molecule has 2 aromatic heterocycles. The Bertz CT molecular complexity index is 1210. The van der Waals surface area contributed by atoms with Crippen LogP contribution in [0.3, 0.4) is 0 Å². The van der Waals surface area contributed by atoms with E-state index >= 15 is 0 Å². The van der Waals surface area contributed by atoms with Crippen LogP contribution >= 0.6 is 11.6 Å². The molecule has 34 heavy (non-hydrogen) atoms. The van der Waals surface area contributed by atoms with Gasteiger partial charge in [-0.3, -0.25) is 14.6 Å². The summed E-state index contributed by atoms with van der Waals surface area (Å²) < 4.78 is 19.4. The Morgan fingerprint density at radius 2 is 2.00 bits per heavy atom. The van der Waals surface area contributed by atoms with Gasteiger partial charge in [0.1, 0.15) is 11.5 Å². The molecule has 1 N–H and O–H groups in total. The van der Waals surface area contributed by atoms with E-state index < -0.39 is 11.2 Å². The van der Waals surface area contributed by atoms with Crippen LogP contribution < -0.4 is 5.32 Å². The van der Waals surface area contributed by atoms with E-state index in [1.165, 1.54) is 12.1 Å². The lowest BCUT2D eigenvalue weighted by Gasteiger charge is -2.42. The second kappa shape index (κ2) is 9.18. The molecule has 0 bridgehead atoms. The highest BCUT2D eigenvalue weighted by molar-refractivity contribution is 6.30. The predicted molar refractivity (Wildman–Crippen MR) is 124 cm³/mol. The number of likely N-dealkylation sites (tertiary alicyclic amines) is 1. The summed E-state index contributed by atoms with van der Waals surface area (Å²) in [7, 11) is 0. The molecule has 7 nitrogen and oxygen atoms in total. The van der Waals surface area contributed by atoms with Gasteiger partial charge in [0.15, 0.2) is 0 Å². The van der Waals surface area contributed by atoms with Gasteiger partial charge in [0.25, 0.3) is 5.91 Å². The van der Waals surface area contributed by atoms with Crippen LogP contribution in [0.25, 0.3) is 11.4 Å². The normalized spacial score (nSPS) is 19.4. The van der Waals surface area contributed by atoms with Crippen molar-refractivity contribution in [3.05, 3.63) is 70.8 Å². The molecule has 2 aliphatic rings. The average molecular weight is 483 g/mol. The van der Waals surface area contributed by atoms with Crippen molar-refractivity contribution in [3.8, 4) is 11.4 Å². The number of halogens is 2. The monoisotopic (exact) mass is 482 g/mol. The van der Waals surface area contributed by atoms with E-state index in [0.29, 0.717) is 42.9 Å². The molecule has 1 aliphatic heterocycles. The lowest BCUT2D eigenvalue weighted by Crippen LogP contribution is -2.56. The molecule has 176 valence electrons. The molecule has 0 radical (unpaired) electrons. The van der Waals surface area contributed by atoms with E-state index in [2.05, 4.69) is 15.5 Å². The van der Waals surface area contributed by atoms with E-state index in [4.69, 9.17) is 16.1 Å². The number of hydrogen-bond donors (Lipinski definition) is 1. The van der Waals surface area contributed by atoms with Crippen LogP contribution in [0.1, 0.15) is 48.2 Å². The van der Waals surface area contributed by atoms with Gasteiger partial charge < -0.3 is 14.7 Å². The quantitative estimate of drug-likeness (QED) is 0.583. The third-order valence-electron chi connectivity index (χ3n) is 6.81. The van der Waals surface area contributed by atoms with Crippen molar-refractivity contribution in [1.82, 2.24) is 20.4 Å². The van der Waals surface area contributed by atoms with E-state index in [1.54, 1.807) is 35.4 Å². The Morgan fingerprint density at radius 1 is 1.15 bits per heavy atom. The fourth-order valence-electron chi connectivity index (χ4n) is 4.74. The van der Waals surface area contributed by atoms with Crippen molar-refractivity contribution in [1.29, 1.82) is 0 Å². The van der Waals surface area contributed by atoms with Crippen LogP contribution in [0, 0.1) is 5.82 Å². The Morgan fingerprint density at radius 3 is 2.71 bits per heavy atom. The standard InChI is InChI=1S/C25H24ClFN4O3/c26-18-8-7-16(13-19(18)27)25(9-4-10-25)24(33)29-17-5-3-12-31(15-17)23(32)22-14-21(30-34-22)20-6-1-2-11-28-20/h1-2,6-8,11,13-14,17H,3-5,9-10,12,15H2,(H,29,33). The minimum atomic E-state index is -0.750. The highest BCUT2D eigenvalue weighted by atomic mass is 35.5. The number of nitrogens with zero attached hydrogens (tertiary/aromatic N) is 3. The van der Waals surface area contributed by atoms with E-state index in [-0.39, 0.29) is 28.6 Å². The maximum absolute atomic E-state index is 14.1. The summed E-state index contributed by atoms with van der Waals surface area (Å²) >= 11 is 5.83. The number of hydrogen-bond acceptors (Lipinski definition) is 5. The molecule has 3 heterocycles. The molecule has 1 unspecified atom stereocenters. The first-order valence-corrected chi connectivity index (χ1v) is 11.8. The number of nitrogens with one attached hydrogen (secondary N) is 1. The van der Waals surface area contributed by atoms with Crippen molar-refractivity contribution in [2.24, 2.45) is 0 Å². The van der Waals surface area contributed by atoms with E-state index in [9.17, 15) is 14.0 Å². The molecule has 1 saturated heterocycles. The number of benzene rings is 1. The highest BCUT2D eigenvalue weighted by Gasteiger charge is 2.46. The van der Waals surface area contributed by atoms with Gasteiger partial charge in [-0.05, 0) is 55.5 Å². The Hall–Kier alpha value is -3.26. The second-order valence-corrected chi connectivity index (χ2v) is 9.33. The third-order valence-corrected chi connectivity index (χ3v) is 7.11. The number of pyridine rings is 1. The maximum Gasteiger partial charge on any atom is 0.292 e. The SMILES string of the molecule is O=C(c1cc(-c2ccccn2)no1)N1CCCC(NC(=O)C2(c3ccc(Cl)c(F)c3)CCC2)C1. The first kappa shape index (κ1) is 22.5. The number of piperidine rings is 1. The van der Waals surface area contributed by atoms with E-state index in [0.717, 1.165) is 19.3 Å². The number of amides is 2. The number of carbonyl (C=O) groups is 2. The fourth-order valence-corrected chi connectivity index (χ4v) is 4.86. The van der Waals surface area contributed by atoms with Gasteiger partial charge in [-0.15, -0.1) is 0 Å². The summed E-state index contributed by atoms with van der Waals surface area (Å²) in [6.45, 7) is 0.938. The molecule has 1 aliphatic carbocycles. The third kappa shape index (κ3) is 4.18. The Labute approximate surface area is 201 Å². The van der Waals surface area contributed by atoms with Gasteiger partial charge in [0.05, 0.1) is 16.1 Å². The second-order valence-electron chi connectivity index (χ2n) is 8.92. The van der Waals surface area contributed by atoms with Crippen LogP contribution in [0.5, 0.6) is 0 Å². The van der Waals surface area contributed by atoms with Gasteiger partial charge in [-0.1, -0.05) is 35.3 Å². The Kier molecular flexibility index (Phi) is 6.08. The molecular formula is C25H24ClFN4O3. The molecule has 2 amide bonds. The van der Waals surface area contributed by atoms with Gasteiger partial charge in [0, 0.05) is 31.4 Å². The summed E-state index contributed by atoms with van der Waals surface area (Å²) in [6, 6.07) is 11.4. The van der Waals surface area contributed by atoms with Crippen molar-refractivity contribution < 1.29 is 18.5 Å². The lowest BCUT2D eigenvalue weighted by molar-refractivity contribution is -0.131. The van der Waals surface area contributed by atoms with Crippen LogP contribution in [0.2, 0.25) is 5.02 Å². The van der Waals surface area contributed by atoms with Crippen molar-refractivity contribution in [3.63, 3.8) is 0 Å². The van der Waals surface area contributed by atoms with Crippen LogP contribution in [0.4, 0.5) is 4.39 Å². The molecule has 9 heteroatoms. The molecule has 1 atom stereocenters. The molecule has 5 rings (SSSR count). The van der Waals surface area contributed by atoms with E-state index in [1.807, 2.05) is 6.07 Å². The smallest absolute Gasteiger partial charge is 0.292 e. The van der Waals surface area contributed by atoms with Gasteiger partial charge in [0.2, 0.25) is 11.7 Å². The zero-order valence-corrected chi connectivity index (χ0v) is 19.2. The summed E-state index contributed by atoms with van der Waals surface area (Å²) in [5.74, 6) is -0.784. The number of aromatic nitrogens is 2. The summed E-state index contributed by atoms with van der Waals surface area (Å²) in [5.41, 5.74) is 1.01. The maximum atomic E-state index is 14.1. The van der Waals surface area contributed by atoms with Crippen LogP contribution in [-0.4, -0.2) is 46.0 Å². The minimum Gasteiger partial charge on any atom is -0.351 e. The van der Waals surface area contributed by atoms with Crippen molar-refractivity contribution in [2.75, 3.05) is 13.1 Å². The highest BCUT2D eigenvalue weighted by Crippen LogP contribution is 2.44. The molecule has 2 fully saturated rings. The fraction of sp³-hybridized carbons (Fsp3) is 0.360. The van der Waals surface area contributed by atoms with Crippen LogP contribution in [-0.2, 0) is 10.2 Å². The first-order valence-electron chi connectivity index (χ1n) is 11.4. The average Bonchev–Trinajstić information content (AvgIpc) is 3.31. The summed E-state index contributed by atoms with van der Waals surface area (Å²) in [4.78, 5) is 32.2. The molecule has 0 spiro atoms. The number of carbonyl (C=O) groups excluding carboxylic acids is 2. The predicted octanol–water partition coefficient (Wildman–Crippen LogP) is 4.37. The summed E-state index contributed by atoms with van der Waals surface area (Å²) in [6.07, 6.45) is 5.37. The van der Waals surface area contributed by atoms with Crippen molar-refractivity contribution in [2.45, 2.75) is 43.6 Å². The molecule has 3 aromatic rings. The summed E-state index contributed by atoms with van der Waals surface area (Å²) in [5, 5.41) is 7.13. The number of rotatable bonds is 5. The topological polar surface area (TPSA) is 88.3 Å². The van der Waals surface area contributed by atoms with Gasteiger partial charge in [-0.2, -0.15) is 0 Å². The van der Waals surface area contributed by atoms with Gasteiger partial charge in [-0.25, -0.2) is 4.39 Å². The van der Waals surface area contributed by atoms with Crippen LogP contribution in [0.15, 0.2) is 53.2 Å². The minimum absolute atomic E-state index is 0.0404. The molecular weight excluding hydrogens is 459 g/mol. The van der Waals surface area contributed by atoms with Crippen molar-refractivity contribution >= 4 is 23.4 Å².